The van der Waals surface area contributed by atoms with E-state index in [1.165, 1.54) is 45.8 Å². The van der Waals surface area contributed by atoms with Crippen LogP contribution in [0.1, 0.15) is 54.0 Å². The van der Waals surface area contributed by atoms with E-state index in [4.69, 9.17) is 0 Å². The van der Waals surface area contributed by atoms with Crippen LogP contribution in [0.5, 0.6) is 0 Å². The highest BCUT2D eigenvalue weighted by molar-refractivity contribution is 7.19. The van der Waals surface area contributed by atoms with Gasteiger partial charge in [0.15, 0.2) is 0 Å². The van der Waals surface area contributed by atoms with Crippen LogP contribution in [-0.4, -0.2) is 75.8 Å². The third kappa shape index (κ3) is 5.89. The van der Waals surface area contributed by atoms with Crippen LogP contribution < -0.4 is 16.6 Å². The zero-order valence-electron chi connectivity index (χ0n) is 26.7. The number of aromatic nitrogens is 3. The zero-order chi connectivity index (χ0) is 31.5. The van der Waals surface area contributed by atoms with Crippen molar-refractivity contribution in [3.05, 3.63) is 78.4 Å². The first kappa shape index (κ1) is 30.3. The van der Waals surface area contributed by atoms with Gasteiger partial charge in [-0.3, -0.25) is 19.5 Å². The molecule has 3 fully saturated rings. The fraction of sp³-hybridized carbons (Fsp3) is 0.514. The van der Waals surface area contributed by atoms with E-state index in [9.17, 15) is 14.4 Å². The first-order valence-corrected chi connectivity index (χ1v) is 17.2. The summed E-state index contributed by atoms with van der Waals surface area (Å²) in [5.74, 6) is 1.01. The van der Waals surface area contributed by atoms with Crippen molar-refractivity contribution in [2.24, 2.45) is 11.8 Å². The third-order valence-corrected chi connectivity index (χ3v) is 11.8. The molecule has 0 spiro atoms. The number of H-pyrrole nitrogens is 3. The van der Waals surface area contributed by atoms with E-state index < -0.39 is 11.1 Å². The summed E-state index contributed by atoms with van der Waals surface area (Å²) in [5.41, 5.74) is 5.53. The number of thiophene rings is 1. The lowest BCUT2D eigenvalue weighted by molar-refractivity contribution is -0.128. The van der Waals surface area contributed by atoms with Crippen molar-refractivity contribution in [2.45, 2.75) is 65.0 Å². The van der Waals surface area contributed by atoms with Crippen LogP contribution in [0.3, 0.4) is 0 Å². The van der Waals surface area contributed by atoms with Gasteiger partial charge < -0.3 is 20.2 Å². The van der Waals surface area contributed by atoms with Crippen molar-refractivity contribution >= 4 is 27.3 Å². The van der Waals surface area contributed by atoms with Gasteiger partial charge in [0.25, 0.3) is 5.56 Å². The molecule has 4 N–H and O–H groups in total. The number of nitrogens with one attached hydrogen (secondary N) is 4. The summed E-state index contributed by atoms with van der Waals surface area (Å²) >= 11 is 1.75. The van der Waals surface area contributed by atoms with E-state index in [1.807, 2.05) is 0 Å². The smallest absolute Gasteiger partial charge is 0.325 e. The van der Waals surface area contributed by atoms with Crippen LogP contribution in [0.15, 0.2) is 39.9 Å². The van der Waals surface area contributed by atoms with Crippen molar-refractivity contribution in [2.75, 3.05) is 39.3 Å². The minimum atomic E-state index is -0.524. The lowest BCUT2D eigenvalue weighted by Gasteiger charge is -2.34. The number of nitrogens with zero attached hydrogens (tertiary/aromatic N) is 2. The lowest BCUT2D eigenvalue weighted by atomic mass is 9.76. The predicted molar refractivity (Wildman–Crippen MR) is 180 cm³/mol. The second-order valence-electron chi connectivity index (χ2n) is 14.1. The molecule has 5 heterocycles. The molecule has 10 heteroatoms. The summed E-state index contributed by atoms with van der Waals surface area (Å²) in [6.07, 6.45) is 3.19. The minimum absolute atomic E-state index is 0.132. The fourth-order valence-electron chi connectivity index (χ4n) is 8.03. The van der Waals surface area contributed by atoms with Gasteiger partial charge in [-0.25, -0.2) is 4.79 Å². The van der Waals surface area contributed by atoms with Crippen molar-refractivity contribution in [3.8, 4) is 11.3 Å². The average molecular weight is 629 g/mol. The third-order valence-electron chi connectivity index (χ3n) is 10.4. The van der Waals surface area contributed by atoms with E-state index in [1.54, 1.807) is 11.3 Å². The number of hydrogen-bond acceptors (Lipinski definition) is 7. The summed E-state index contributed by atoms with van der Waals surface area (Å²) in [4.78, 5) is 53.3. The van der Waals surface area contributed by atoms with Gasteiger partial charge in [-0.2, -0.15) is 0 Å². The number of carbonyl (C=O) groups is 1. The maximum Gasteiger partial charge on any atom is 0.325 e. The van der Waals surface area contributed by atoms with E-state index in [2.05, 4.69) is 82.0 Å². The normalized spacial score (nSPS) is 22.5. The molecule has 3 aromatic heterocycles. The second kappa shape index (κ2) is 11.8. The van der Waals surface area contributed by atoms with Crippen LogP contribution >= 0.6 is 11.3 Å². The Hall–Kier alpha value is -3.31. The molecule has 3 unspecified atom stereocenters. The Morgan fingerprint density at radius 1 is 0.933 bits per heavy atom. The van der Waals surface area contributed by atoms with Gasteiger partial charge in [0, 0.05) is 73.3 Å². The molecule has 0 amide bonds. The lowest BCUT2D eigenvalue weighted by Crippen LogP contribution is -2.46. The molecule has 9 nitrogen and oxygen atoms in total. The zero-order valence-corrected chi connectivity index (χ0v) is 27.5. The predicted octanol–water partition coefficient (Wildman–Crippen LogP) is 4.09. The maximum atomic E-state index is 14.0. The van der Waals surface area contributed by atoms with E-state index in [-0.39, 0.29) is 11.5 Å². The van der Waals surface area contributed by atoms with E-state index >= 15 is 0 Å². The SMILES string of the molecule is Cc1cc(C)cc(-c2[nH]c3sc(C(C)(C)C(=O)C4C5CCC4NC5)cc3c2CCN2CCN(Cc3cc(=O)[nH]c(=O)[nH]3)CC2)c1. The maximum absolute atomic E-state index is 14.0. The molecule has 2 aliphatic heterocycles. The number of rotatable bonds is 9. The van der Waals surface area contributed by atoms with Crippen LogP contribution in [0, 0.1) is 25.7 Å². The molecule has 2 saturated heterocycles. The number of ketones is 1. The highest BCUT2D eigenvalue weighted by Crippen LogP contribution is 2.45. The van der Waals surface area contributed by atoms with Crippen molar-refractivity contribution in [3.63, 3.8) is 0 Å². The molecule has 238 valence electrons. The monoisotopic (exact) mass is 628 g/mol. The number of carbonyl (C=O) groups excluding carboxylic acids is 1. The van der Waals surface area contributed by atoms with Gasteiger partial charge in [0.2, 0.25) is 0 Å². The molecule has 0 radical (unpaired) electrons. The van der Waals surface area contributed by atoms with Crippen LogP contribution in [0.2, 0.25) is 0 Å². The largest absolute Gasteiger partial charge is 0.346 e. The highest BCUT2D eigenvalue weighted by atomic mass is 32.1. The van der Waals surface area contributed by atoms with Gasteiger partial charge >= 0.3 is 5.69 Å². The molecular formula is C35H44N6O3S. The molecular weight excluding hydrogens is 584 g/mol. The second-order valence-corrected chi connectivity index (χ2v) is 15.1. The molecule has 45 heavy (non-hydrogen) atoms. The number of Topliss-reactive ketones (excluding diaryl/α,β-unsaturated/α-hetero) is 1. The topological polar surface area (TPSA) is 117 Å². The standard InChI is InChI=1S/C35H44N6O3S/c1-20-13-21(2)15-23(14-20)31-25(7-8-40-9-11-41(12-10-40)19-24-16-29(42)38-34(44)37-24)26-17-28(45-33(26)39-31)35(3,4)32(43)30-22-5-6-27(30)36-18-22/h13-17,22,27,30,36,39H,5-12,18-19H2,1-4H3,(H2,37,38,42,44). The van der Waals surface area contributed by atoms with Crippen molar-refractivity contribution in [1.82, 2.24) is 30.1 Å². The summed E-state index contributed by atoms with van der Waals surface area (Å²) in [5, 5.41) is 4.83. The number of piperazine rings is 1. The molecule has 2 bridgehead atoms. The van der Waals surface area contributed by atoms with Crippen molar-refractivity contribution < 1.29 is 4.79 Å². The molecule has 3 aliphatic rings. The first-order valence-electron chi connectivity index (χ1n) is 16.3. The summed E-state index contributed by atoms with van der Waals surface area (Å²) in [7, 11) is 0. The minimum Gasteiger partial charge on any atom is -0.346 e. The summed E-state index contributed by atoms with van der Waals surface area (Å²) in [6.45, 7) is 14.6. The number of benzene rings is 1. The Bertz CT molecular complexity index is 1790. The quantitative estimate of drug-likeness (QED) is 0.222. The number of aryl methyl sites for hydroxylation is 2. The van der Waals surface area contributed by atoms with Crippen LogP contribution in [0.4, 0.5) is 0 Å². The first-order chi connectivity index (χ1) is 21.5. The van der Waals surface area contributed by atoms with Crippen molar-refractivity contribution in [1.29, 1.82) is 0 Å². The van der Waals surface area contributed by atoms with Gasteiger partial charge in [-0.05, 0) is 88.7 Å². The number of aromatic amines is 3. The molecule has 1 aliphatic carbocycles. The summed E-state index contributed by atoms with van der Waals surface area (Å²) in [6, 6.07) is 10.9. The Balaban J connectivity index is 1.12. The van der Waals surface area contributed by atoms with Gasteiger partial charge in [-0.1, -0.05) is 17.2 Å². The van der Waals surface area contributed by atoms with E-state index in [0.717, 1.165) is 61.8 Å². The number of hydrogen-bond donors (Lipinski definition) is 4. The molecule has 1 aromatic carbocycles. The highest BCUT2D eigenvalue weighted by Gasteiger charge is 2.50. The van der Waals surface area contributed by atoms with Gasteiger partial charge in [0.05, 0.1) is 11.1 Å². The van der Waals surface area contributed by atoms with Crippen LogP contribution in [-0.2, 0) is 23.2 Å². The Morgan fingerprint density at radius 3 is 2.31 bits per heavy atom. The Kier molecular flexibility index (Phi) is 7.96. The Morgan fingerprint density at radius 2 is 1.67 bits per heavy atom. The van der Waals surface area contributed by atoms with Crippen LogP contribution in [0.25, 0.3) is 21.5 Å². The summed E-state index contributed by atoms with van der Waals surface area (Å²) < 4.78 is 0. The fourth-order valence-corrected chi connectivity index (χ4v) is 9.23. The van der Waals surface area contributed by atoms with Gasteiger partial charge in [-0.15, -0.1) is 11.3 Å². The molecule has 3 atom stereocenters. The average Bonchev–Trinajstić information content (AvgIpc) is 3.76. The molecule has 1 saturated carbocycles. The number of fused-ring (bicyclic) bond motifs is 3. The number of piperidine rings is 1. The van der Waals surface area contributed by atoms with Gasteiger partial charge in [0.1, 0.15) is 10.6 Å². The molecule has 7 rings (SSSR count). The van der Waals surface area contributed by atoms with E-state index in [0.29, 0.717) is 30.0 Å². The Labute approximate surface area is 267 Å². The molecule has 4 aromatic rings.